The molecule has 0 bridgehead atoms. The highest BCUT2D eigenvalue weighted by molar-refractivity contribution is 5.11. The third kappa shape index (κ3) is 4.01. The maximum atomic E-state index is 4.32. The van der Waals surface area contributed by atoms with Crippen molar-refractivity contribution in [2.45, 2.75) is 52.9 Å². The van der Waals surface area contributed by atoms with Crippen LogP contribution in [0.25, 0.3) is 0 Å². The van der Waals surface area contributed by atoms with E-state index in [0.717, 1.165) is 18.4 Å². The van der Waals surface area contributed by atoms with Gasteiger partial charge in [-0.15, -0.1) is 6.58 Å². The third-order valence-electron chi connectivity index (χ3n) is 5.05. The van der Waals surface area contributed by atoms with Gasteiger partial charge in [-0.25, -0.2) is 0 Å². The lowest BCUT2D eigenvalue weighted by Gasteiger charge is -2.26. The molecular formula is C19H31N. The molecule has 0 aromatic rings. The second kappa shape index (κ2) is 6.20. The van der Waals surface area contributed by atoms with Crippen LogP contribution in [0.4, 0.5) is 0 Å². The van der Waals surface area contributed by atoms with Crippen molar-refractivity contribution in [3.05, 3.63) is 36.6 Å². The number of hydrogen-bond acceptors (Lipinski definition) is 1. The predicted octanol–water partition coefficient (Wildman–Crippen LogP) is 5.17. The van der Waals surface area contributed by atoms with Gasteiger partial charge in [-0.2, -0.15) is 0 Å². The Kier molecular flexibility index (Phi) is 4.78. The third-order valence-corrected chi connectivity index (χ3v) is 5.05. The molecule has 0 amide bonds. The molecule has 0 radical (unpaired) electrons. The number of allylic oxidation sites excluding steroid dienone is 3. The summed E-state index contributed by atoms with van der Waals surface area (Å²) in [5, 5.41) is 0. The standard InChI is InChI=1S/C19H31N/c1-6-12-20(16(4)17-9-10-17)14-18-13-19(18,5)11-7-8-15(2)3/h6,8,17-18H,1,4,7,9-14H2,2-3,5H3. The van der Waals surface area contributed by atoms with E-state index in [9.17, 15) is 0 Å². The van der Waals surface area contributed by atoms with Crippen LogP contribution in [-0.2, 0) is 0 Å². The summed E-state index contributed by atoms with van der Waals surface area (Å²) in [5.74, 6) is 1.62. The molecule has 2 unspecified atom stereocenters. The predicted molar refractivity (Wildman–Crippen MR) is 88.5 cm³/mol. The summed E-state index contributed by atoms with van der Waals surface area (Å²) < 4.78 is 0. The fourth-order valence-electron chi connectivity index (χ4n) is 3.19. The van der Waals surface area contributed by atoms with Crippen LogP contribution >= 0.6 is 0 Å². The maximum Gasteiger partial charge on any atom is 0.0353 e. The normalized spacial score (nSPS) is 27.9. The molecule has 2 rings (SSSR count). The van der Waals surface area contributed by atoms with Crippen LogP contribution in [0.5, 0.6) is 0 Å². The minimum Gasteiger partial charge on any atom is -0.371 e. The first-order valence-electron chi connectivity index (χ1n) is 8.14. The molecule has 1 nitrogen and oxygen atoms in total. The van der Waals surface area contributed by atoms with Crippen molar-refractivity contribution in [3.63, 3.8) is 0 Å². The smallest absolute Gasteiger partial charge is 0.0353 e. The van der Waals surface area contributed by atoms with E-state index in [2.05, 4.69) is 44.9 Å². The van der Waals surface area contributed by atoms with E-state index in [0.29, 0.717) is 5.41 Å². The summed E-state index contributed by atoms with van der Waals surface area (Å²) >= 11 is 0. The van der Waals surface area contributed by atoms with Crippen LogP contribution in [-0.4, -0.2) is 18.0 Å². The average molecular weight is 273 g/mol. The van der Waals surface area contributed by atoms with Crippen molar-refractivity contribution in [2.24, 2.45) is 17.3 Å². The monoisotopic (exact) mass is 273 g/mol. The quantitative estimate of drug-likeness (QED) is 0.524. The molecule has 0 saturated heterocycles. The van der Waals surface area contributed by atoms with Crippen LogP contribution in [0, 0.1) is 17.3 Å². The number of nitrogens with zero attached hydrogens (tertiary/aromatic N) is 1. The summed E-state index contributed by atoms with van der Waals surface area (Å²) in [4.78, 5) is 2.49. The van der Waals surface area contributed by atoms with Crippen molar-refractivity contribution in [1.82, 2.24) is 4.90 Å². The Hall–Kier alpha value is -0.980. The molecule has 2 aliphatic carbocycles. The van der Waals surface area contributed by atoms with E-state index >= 15 is 0 Å². The number of hydrogen-bond donors (Lipinski definition) is 0. The zero-order valence-corrected chi connectivity index (χ0v) is 13.6. The summed E-state index contributed by atoms with van der Waals surface area (Å²) in [6.45, 7) is 17.2. The molecule has 2 aliphatic rings. The van der Waals surface area contributed by atoms with E-state index in [1.807, 2.05) is 6.08 Å². The lowest BCUT2D eigenvalue weighted by atomic mass is 9.98. The molecule has 0 spiro atoms. The van der Waals surface area contributed by atoms with Crippen molar-refractivity contribution in [3.8, 4) is 0 Å². The highest BCUT2D eigenvalue weighted by Gasteiger charge is 2.49. The molecular weight excluding hydrogens is 242 g/mol. The van der Waals surface area contributed by atoms with E-state index in [1.54, 1.807) is 0 Å². The van der Waals surface area contributed by atoms with Crippen molar-refractivity contribution in [1.29, 1.82) is 0 Å². The number of rotatable bonds is 9. The first-order chi connectivity index (χ1) is 9.46. The molecule has 1 heteroatoms. The van der Waals surface area contributed by atoms with Crippen LogP contribution in [0.3, 0.4) is 0 Å². The lowest BCUT2D eigenvalue weighted by Crippen LogP contribution is -2.27. The fourth-order valence-corrected chi connectivity index (χ4v) is 3.19. The highest BCUT2D eigenvalue weighted by Crippen LogP contribution is 2.56. The molecule has 2 fully saturated rings. The van der Waals surface area contributed by atoms with Gasteiger partial charge in [0.25, 0.3) is 0 Å². The van der Waals surface area contributed by atoms with E-state index in [-0.39, 0.29) is 0 Å². The highest BCUT2D eigenvalue weighted by atomic mass is 15.1. The lowest BCUT2D eigenvalue weighted by molar-refractivity contribution is 0.314. The molecule has 0 heterocycles. The van der Waals surface area contributed by atoms with Gasteiger partial charge in [-0.05, 0) is 63.2 Å². The van der Waals surface area contributed by atoms with Gasteiger partial charge in [0.2, 0.25) is 0 Å². The molecule has 2 atom stereocenters. The summed E-state index contributed by atoms with van der Waals surface area (Å²) in [5.41, 5.74) is 3.37. The van der Waals surface area contributed by atoms with Gasteiger partial charge in [0.1, 0.15) is 0 Å². The van der Waals surface area contributed by atoms with E-state index in [4.69, 9.17) is 0 Å². The summed E-state index contributed by atoms with van der Waals surface area (Å²) in [6.07, 6.45) is 11.0. The minimum atomic E-state index is 0.565. The van der Waals surface area contributed by atoms with E-state index in [1.165, 1.54) is 49.9 Å². The van der Waals surface area contributed by atoms with Crippen LogP contribution in [0.1, 0.15) is 52.9 Å². The molecule has 0 N–H and O–H groups in total. The van der Waals surface area contributed by atoms with Gasteiger partial charge >= 0.3 is 0 Å². The second-order valence-corrected chi connectivity index (χ2v) is 7.33. The van der Waals surface area contributed by atoms with E-state index < -0.39 is 0 Å². The second-order valence-electron chi connectivity index (χ2n) is 7.33. The van der Waals surface area contributed by atoms with Gasteiger partial charge < -0.3 is 4.90 Å². The van der Waals surface area contributed by atoms with Crippen molar-refractivity contribution in [2.75, 3.05) is 13.1 Å². The fraction of sp³-hybridized carbons (Fsp3) is 0.684. The molecule has 20 heavy (non-hydrogen) atoms. The largest absolute Gasteiger partial charge is 0.371 e. The van der Waals surface area contributed by atoms with Gasteiger partial charge in [0.15, 0.2) is 0 Å². The van der Waals surface area contributed by atoms with Gasteiger partial charge in [-0.3, -0.25) is 0 Å². The molecule has 2 saturated carbocycles. The average Bonchev–Trinajstić information content (AvgIpc) is 3.26. The molecule has 0 aliphatic heterocycles. The zero-order valence-electron chi connectivity index (χ0n) is 13.6. The SMILES string of the molecule is C=CCN(CC1CC1(C)CCC=C(C)C)C(=C)C1CC1. The van der Waals surface area contributed by atoms with Crippen molar-refractivity contribution < 1.29 is 0 Å². The summed E-state index contributed by atoms with van der Waals surface area (Å²) in [7, 11) is 0. The van der Waals surface area contributed by atoms with Crippen LogP contribution < -0.4 is 0 Å². The molecule has 112 valence electrons. The van der Waals surface area contributed by atoms with Gasteiger partial charge in [0.05, 0.1) is 0 Å². The Bertz CT molecular complexity index is 398. The van der Waals surface area contributed by atoms with Gasteiger partial charge in [0, 0.05) is 18.8 Å². The maximum absolute atomic E-state index is 4.32. The van der Waals surface area contributed by atoms with Gasteiger partial charge in [-0.1, -0.05) is 31.2 Å². The van der Waals surface area contributed by atoms with Crippen LogP contribution in [0.15, 0.2) is 36.6 Å². The Morgan fingerprint density at radius 2 is 2.05 bits per heavy atom. The zero-order chi connectivity index (χ0) is 14.8. The topological polar surface area (TPSA) is 3.24 Å². The Morgan fingerprint density at radius 1 is 1.35 bits per heavy atom. The van der Waals surface area contributed by atoms with Crippen molar-refractivity contribution >= 4 is 0 Å². The molecule has 0 aromatic carbocycles. The summed E-state index contributed by atoms with van der Waals surface area (Å²) in [6, 6.07) is 0. The first kappa shape index (κ1) is 15.4. The van der Waals surface area contributed by atoms with Crippen LogP contribution in [0.2, 0.25) is 0 Å². The Labute approximate surface area is 125 Å². The Morgan fingerprint density at radius 3 is 2.60 bits per heavy atom. The Balaban J connectivity index is 1.81. The first-order valence-corrected chi connectivity index (χ1v) is 8.14. The molecule has 0 aromatic heterocycles. The minimum absolute atomic E-state index is 0.565.